The van der Waals surface area contributed by atoms with Gasteiger partial charge in [0.05, 0.1) is 0 Å². The van der Waals surface area contributed by atoms with Gasteiger partial charge in [-0.25, -0.2) is 9.87 Å². The second kappa shape index (κ2) is 13.7. The highest BCUT2D eigenvalue weighted by atomic mass is 19.1. The van der Waals surface area contributed by atoms with Crippen molar-refractivity contribution in [1.82, 2.24) is 15.7 Å². The van der Waals surface area contributed by atoms with Crippen molar-refractivity contribution in [3.05, 3.63) is 77.1 Å². The van der Waals surface area contributed by atoms with E-state index in [1.807, 2.05) is 24.3 Å². The van der Waals surface area contributed by atoms with Crippen molar-refractivity contribution in [2.24, 2.45) is 0 Å². The number of halogens is 1. The molecule has 0 aromatic heterocycles. The Labute approximate surface area is 198 Å². The molecule has 0 aliphatic rings. The van der Waals surface area contributed by atoms with Crippen LogP contribution in [0.5, 0.6) is 0 Å². The molecule has 0 fully saturated rings. The van der Waals surface area contributed by atoms with Crippen molar-refractivity contribution in [3.63, 3.8) is 0 Å². The van der Waals surface area contributed by atoms with Gasteiger partial charge < -0.3 is 10.2 Å². The monoisotopic (exact) mass is 467 g/mol. The number of nitrogens with one attached hydrogen (secondary N) is 2. The van der Waals surface area contributed by atoms with Gasteiger partial charge in [-0.3, -0.25) is 19.6 Å². The Hall–Kier alpha value is -3.78. The van der Waals surface area contributed by atoms with Crippen molar-refractivity contribution in [2.75, 3.05) is 20.6 Å². The molecule has 0 heterocycles. The van der Waals surface area contributed by atoms with E-state index in [4.69, 9.17) is 5.21 Å². The predicted octanol–water partition coefficient (Wildman–Crippen LogP) is 3.65. The van der Waals surface area contributed by atoms with Crippen LogP contribution in [0.25, 0.3) is 17.7 Å². The lowest BCUT2D eigenvalue weighted by molar-refractivity contribution is -0.129. The Morgan fingerprint density at radius 3 is 2.21 bits per heavy atom. The van der Waals surface area contributed by atoms with Gasteiger partial charge in [-0.05, 0) is 53.8 Å². The fourth-order valence-corrected chi connectivity index (χ4v) is 3.09. The molecule has 3 amide bonds. The van der Waals surface area contributed by atoms with E-state index in [1.165, 1.54) is 23.1 Å². The maximum absolute atomic E-state index is 13.3. The van der Waals surface area contributed by atoms with Gasteiger partial charge in [0.25, 0.3) is 5.91 Å². The lowest BCUT2D eigenvalue weighted by Crippen LogP contribution is -2.22. The molecule has 7 nitrogen and oxygen atoms in total. The molecule has 0 bridgehead atoms. The second-order valence-corrected chi connectivity index (χ2v) is 7.90. The van der Waals surface area contributed by atoms with Crippen LogP contribution in [0, 0.1) is 5.82 Å². The van der Waals surface area contributed by atoms with E-state index in [2.05, 4.69) is 5.32 Å². The number of rotatable bonds is 11. The van der Waals surface area contributed by atoms with Gasteiger partial charge >= 0.3 is 0 Å². The topological polar surface area (TPSA) is 98.7 Å². The van der Waals surface area contributed by atoms with Gasteiger partial charge in [-0.15, -0.1) is 0 Å². The molecule has 0 saturated carbocycles. The molecule has 0 unspecified atom stereocenters. The minimum atomic E-state index is -0.413. The third-order valence-electron chi connectivity index (χ3n) is 4.97. The Morgan fingerprint density at radius 2 is 1.59 bits per heavy atom. The normalized spacial score (nSPS) is 11.4. The SMILES string of the molecule is CN(C)C(=O)C(=Cc1ccc(C=CC(=O)NCCCCCC(=O)NO)cc1)c1ccc(F)cc1. The molecule has 0 saturated heterocycles. The lowest BCUT2D eigenvalue weighted by atomic mass is 10.0. The number of hydroxylamine groups is 1. The third kappa shape index (κ3) is 8.99. The summed E-state index contributed by atoms with van der Waals surface area (Å²) in [7, 11) is 3.32. The van der Waals surface area contributed by atoms with Crippen LogP contribution >= 0.6 is 0 Å². The number of carbonyl (C=O) groups excluding carboxylic acids is 3. The summed E-state index contributed by atoms with van der Waals surface area (Å²) in [5, 5.41) is 11.2. The largest absolute Gasteiger partial charge is 0.353 e. The fraction of sp³-hybridized carbons (Fsp3) is 0.269. The van der Waals surface area contributed by atoms with Crippen LogP contribution in [0.4, 0.5) is 4.39 Å². The first-order valence-corrected chi connectivity index (χ1v) is 11.0. The average molecular weight is 468 g/mol. The quantitative estimate of drug-likeness (QED) is 0.154. The van der Waals surface area contributed by atoms with Crippen LogP contribution in [0.2, 0.25) is 0 Å². The van der Waals surface area contributed by atoms with Crippen molar-refractivity contribution in [1.29, 1.82) is 0 Å². The standard InChI is InChI=1S/C26H30FN3O4/c1-30(2)26(33)23(21-12-14-22(27)15-13-21)18-20-9-7-19(8-10-20)11-16-24(31)28-17-5-3-4-6-25(32)29-34/h7-16,18,34H,3-6,17H2,1-2H3,(H,28,31)(H,29,32). The molecule has 2 aromatic rings. The fourth-order valence-electron chi connectivity index (χ4n) is 3.09. The highest BCUT2D eigenvalue weighted by molar-refractivity contribution is 6.24. The van der Waals surface area contributed by atoms with E-state index in [0.29, 0.717) is 24.1 Å². The summed E-state index contributed by atoms with van der Waals surface area (Å²) in [5.41, 5.74) is 4.28. The minimum absolute atomic E-state index is 0.191. The zero-order chi connectivity index (χ0) is 24.9. The Bertz CT molecular complexity index is 1030. The average Bonchev–Trinajstić information content (AvgIpc) is 2.84. The number of nitrogens with zero attached hydrogens (tertiary/aromatic N) is 1. The van der Waals surface area contributed by atoms with Crippen LogP contribution in [-0.2, 0) is 14.4 Å². The Kier molecular flexibility index (Phi) is 10.7. The number of benzene rings is 2. The number of unbranched alkanes of at least 4 members (excludes halogenated alkanes) is 2. The highest BCUT2D eigenvalue weighted by Crippen LogP contribution is 2.21. The van der Waals surface area contributed by atoms with Gasteiger partial charge in [0.15, 0.2) is 0 Å². The molecule has 0 aliphatic heterocycles. The van der Waals surface area contributed by atoms with Crippen LogP contribution < -0.4 is 10.8 Å². The molecule has 180 valence electrons. The summed E-state index contributed by atoms with van der Waals surface area (Å²) < 4.78 is 13.3. The number of amides is 3. The van der Waals surface area contributed by atoms with E-state index in [1.54, 1.807) is 43.9 Å². The van der Waals surface area contributed by atoms with E-state index < -0.39 is 5.91 Å². The van der Waals surface area contributed by atoms with E-state index >= 15 is 0 Å². The predicted molar refractivity (Wildman–Crippen MR) is 130 cm³/mol. The minimum Gasteiger partial charge on any atom is -0.353 e. The van der Waals surface area contributed by atoms with Crippen LogP contribution in [-0.4, -0.2) is 48.5 Å². The van der Waals surface area contributed by atoms with Gasteiger partial charge in [0.2, 0.25) is 11.8 Å². The number of likely N-dealkylation sites (N-methyl/N-ethyl adjacent to an activating group) is 1. The first kappa shape index (κ1) is 26.5. The number of carbonyl (C=O) groups is 3. The first-order valence-electron chi connectivity index (χ1n) is 11.0. The van der Waals surface area contributed by atoms with Crippen molar-refractivity contribution < 1.29 is 24.0 Å². The molecular formula is C26H30FN3O4. The molecule has 3 N–H and O–H groups in total. The highest BCUT2D eigenvalue weighted by Gasteiger charge is 2.14. The third-order valence-corrected chi connectivity index (χ3v) is 4.97. The maximum atomic E-state index is 13.3. The van der Waals surface area contributed by atoms with Gasteiger partial charge in [-0.1, -0.05) is 42.8 Å². The Balaban J connectivity index is 1.95. The molecule has 0 radical (unpaired) electrons. The van der Waals surface area contributed by atoms with E-state index in [0.717, 1.165) is 24.0 Å². The molecule has 2 aromatic carbocycles. The number of hydrogen-bond acceptors (Lipinski definition) is 4. The second-order valence-electron chi connectivity index (χ2n) is 7.90. The van der Waals surface area contributed by atoms with Crippen LogP contribution in [0.3, 0.4) is 0 Å². The zero-order valence-corrected chi connectivity index (χ0v) is 19.4. The maximum Gasteiger partial charge on any atom is 0.253 e. The van der Waals surface area contributed by atoms with E-state index in [9.17, 15) is 18.8 Å². The van der Waals surface area contributed by atoms with Crippen molar-refractivity contribution in [2.45, 2.75) is 25.7 Å². The van der Waals surface area contributed by atoms with Crippen molar-refractivity contribution in [3.8, 4) is 0 Å². The molecular weight excluding hydrogens is 437 g/mol. The zero-order valence-electron chi connectivity index (χ0n) is 19.4. The molecule has 0 aliphatic carbocycles. The summed E-state index contributed by atoms with van der Waals surface area (Å²) in [4.78, 5) is 37.0. The number of hydrogen-bond donors (Lipinski definition) is 3. The van der Waals surface area contributed by atoms with Crippen LogP contribution in [0.15, 0.2) is 54.6 Å². The summed E-state index contributed by atoms with van der Waals surface area (Å²) >= 11 is 0. The smallest absolute Gasteiger partial charge is 0.253 e. The molecule has 34 heavy (non-hydrogen) atoms. The van der Waals surface area contributed by atoms with Gasteiger partial charge in [0.1, 0.15) is 5.82 Å². The lowest BCUT2D eigenvalue weighted by Gasteiger charge is -2.14. The van der Waals surface area contributed by atoms with Gasteiger partial charge in [0, 0.05) is 38.7 Å². The summed E-state index contributed by atoms with van der Waals surface area (Å²) in [5.74, 6) is -1.19. The van der Waals surface area contributed by atoms with E-state index in [-0.39, 0.29) is 24.1 Å². The Morgan fingerprint density at radius 1 is 0.941 bits per heavy atom. The summed E-state index contributed by atoms with van der Waals surface area (Å²) in [6.45, 7) is 0.500. The molecule has 0 spiro atoms. The molecule has 2 rings (SSSR count). The molecule has 8 heteroatoms. The molecule has 0 atom stereocenters. The van der Waals surface area contributed by atoms with Crippen LogP contribution in [0.1, 0.15) is 42.4 Å². The van der Waals surface area contributed by atoms with Gasteiger partial charge in [-0.2, -0.15) is 0 Å². The summed E-state index contributed by atoms with van der Waals surface area (Å²) in [6.07, 6.45) is 7.29. The first-order chi connectivity index (χ1) is 16.3. The summed E-state index contributed by atoms with van der Waals surface area (Å²) in [6, 6.07) is 13.1. The van der Waals surface area contributed by atoms with Crippen molar-refractivity contribution >= 4 is 35.4 Å².